The summed E-state index contributed by atoms with van der Waals surface area (Å²) in [6.07, 6.45) is -1.39. The van der Waals surface area contributed by atoms with Crippen LogP contribution in [-0.2, 0) is 21.1 Å². The average Bonchev–Trinajstić information content (AvgIpc) is 3.41. The van der Waals surface area contributed by atoms with Crippen LogP contribution in [0.3, 0.4) is 0 Å². The number of halogens is 4. The van der Waals surface area contributed by atoms with E-state index in [1.807, 2.05) is 0 Å². The summed E-state index contributed by atoms with van der Waals surface area (Å²) in [5, 5.41) is 6.25. The lowest BCUT2D eigenvalue weighted by atomic mass is 9.78. The number of alkyl halides is 3. The van der Waals surface area contributed by atoms with Gasteiger partial charge in [-0.05, 0) is 50.4 Å². The molecule has 1 saturated carbocycles. The van der Waals surface area contributed by atoms with Gasteiger partial charge >= 0.3 is 6.18 Å². The van der Waals surface area contributed by atoms with Crippen LogP contribution in [0.5, 0.6) is 0 Å². The number of nitrogens with one attached hydrogen (secondary N) is 2. The van der Waals surface area contributed by atoms with E-state index in [1.54, 1.807) is 13.2 Å². The molecule has 1 aliphatic heterocycles. The maximum absolute atomic E-state index is 13.0. The first-order chi connectivity index (χ1) is 12.3. The van der Waals surface area contributed by atoms with E-state index >= 15 is 0 Å². The fourth-order valence-electron chi connectivity index (χ4n) is 3.80. The second kappa shape index (κ2) is 8.37. The fraction of sp³-hybridized carbons (Fsp3) is 0.632. The van der Waals surface area contributed by atoms with Crippen LogP contribution in [0.15, 0.2) is 24.3 Å². The number of amides is 1. The van der Waals surface area contributed by atoms with Crippen LogP contribution in [0.2, 0.25) is 0 Å². The van der Waals surface area contributed by atoms with Gasteiger partial charge in [0.1, 0.15) is 0 Å². The van der Waals surface area contributed by atoms with E-state index in [1.165, 1.54) is 12.1 Å². The van der Waals surface area contributed by atoms with Crippen molar-refractivity contribution in [3.8, 4) is 0 Å². The number of hydrogen-bond donors (Lipinski definition) is 2. The molecule has 2 aliphatic rings. The maximum Gasteiger partial charge on any atom is 0.416 e. The first-order valence-electron chi connectivity index (χ1n) is 8.97. The van der Waals surface area contributed by atoms with Gasteiger partial charge in [0.25, 0.3) is 0 Å². The van der Waals surface area contributed by atoms with Gasteiger partial charge in [0.05, 0.1) is 17.6 Å². The lowest BCUT2D eigenvalue weighted by molar-refractivity contribution is -0.138. The Kier molecular flexibility index (Phi) is 6.81. The number of methoxy groups -OCH3 is 1. The van der Waals surface area contributed by atoms with E-state index < -0.39 is 17.2 Å². The summed E-state index contributed by atoms with van der Waals surface area (Å²) in [6.45, 7) is 2.24. The van der Waals surface area contributed by atoms with E-state index in [9.17, 15) is 18.0 Å². The summed E-state index contributed by atoms with van der Waals surface area (Å²) in [7, 11) is 1.59. The lowest BCUT2D eigenvalue weighted by Gasteiger charge is -2.36. The van der Waals surface area contributed by atoms with Crippen molar-refractivity contribution in [1.29, 1.82) is 0 Å². The van der Waals surface area contributed by atoms with Gasteiger partial charge in [-0.15, -0.1) is 12.4 Å². The van der Waals surface area contributed by atoms with Gasteiger partial charge < -0.3 is 15.4 Å². The zero-order valence-electron chi connectivity index (χ0n) is 15.3. The van der Waals surface area contributed by atoms with Crippen molar-refractivity contribution in [2.24, 2.45) is 5.41 Å². The summed E-state index contributed by atoms with van der Waals surface area (Å²) in [4.78, 5) is 12.8. The predicted octanol–water partition coefficient (Wildman–Crippen LogP) is 3.29. The molecule has 1 aromatic rings. The van der Waals surface area contributed by atoms with E-state index in [-0.39, 0.29) is 23.7 Å². The van der Waals surface area contributed by atoms with Crippen LogP contribution in [0.1, 0.15) is 36.8 Å². The minimum atomic E-state index is -4.35. The molecule has 2 N–H and O–H groups in total. The Morgan fingerprint density at radius 2 is 1.89 bits per heavy atom. The number of benzene rings is 1. The molecule has 8 heteroatoms. The molecule has 1 aromatic carbocycles. The minimum absolute atomic E-state index is 0. The molecule has 1 heterocycles. The quantitative estimate of drug-likeness (QED) is 0.762. The number of rotatable bonds is 6. The van der Waals surface area contributed by atoms with Crippen LogP contribution in [0, 0.1) is 5.41 Å². The van der Waals surface area contributed by atoms with Crippen molar-refractivity contribution in [3.63, 3.8) is 0 Å². The fourth-order valence-corrected chi connectivity index (χ4v) is 3.80. The van der Waals surface area contributed by atoms with E-state index in [0.717, 1.165) is 32.0 Å². The second-order valence-electron chi connectivity index (χ2n) is 7.50. The van der Waals surface area contributed by atoms with E-state index in [4.69, 9.17) is 4.74 Å². The van der Waals surface area contributed by atoms with Crippen molar-refractivity contribution >= 4 is 18.3 Å². The van der Waals surface area contributed by atoms with Crippen molar-refractivity contribution < 1.29 is 22.7 Å². The van der Waals surface area contributed by atoms with Crippen molar-refractivity contribution in [2.75, 3.05) is 33.4 Å². The Bertz CT molecular complexity index is 651. The Labute approximate surface area is 163 Å². The molecular weight excluding hydrogens is 381 g/mol. The maximum atomic E-state index is 13.0. The second-order valence-corrected chi connectivity index (χ2v) is 7.50. The van der Waals surface area contributed by atoms with Gasteiger partial charge in [-0.1, -0.05) is 18.2 Å². The zero-order chi connectivity index (χ0) is 18.8. The zero-order valence-corrected chi connectivity index (χ0v) is 16.1. The molecule has 0 atom stereocenters. The number of carbonyl (C=O) groups excluding carboxylic acids is 1. The number of hydrogen-bond acceptors (Lipinski definition) is 3. The highest BCUT2D eigenvalue weighted by atomic mass is 35.5. The molecule has 0 radical (unpaired) electrons. The summed E-state index contributed by atoms with van der Waals surface area (Å²) < 4.78 is 44.2. The molecule has 1 saturated heterocycles. The standard InChI is InChI=1S/C19H25F3N2O2.ClH/c1-26-13-18(7-9-23-10-8-18)16(25)24-12-17(5-6-17)14-3-2-4-15(11-14)19(20,21)22;/h2-4,11,23H,5-10,12-13H2,1H3,(H,24,25);1H. The van der Waals surface area contributed by atoms with Crippen LogP contribution in [-0.4, -0.2) is 39.3 Å². The molecule has 0 spiro atoms. The summed E-state index contributed by atoms with van der Waals surface area (Å²) >= 11 is 0. The van der Waals surface area contributed by atoms with Crippen LogP contribution < -0.4 is 10.6 Å². The third kappa shape index (κ3) is 4.76. The van der Waals surface area contributed by atoms with Gasteiger partial charge in [0.15, 0.2) is 0 Å². The Balaban J connectivity index is 0.00000261. The van der Waals surface area contributed by atoms with Crippen LogP contribution >= 0.6 is 12.4 Å². The Morgan fingerprint density at radius 3 is 2.44 bits per heavy atom. The van der Waals surface area contributed by atoms with Gasteiger partial charge in [-0.3, -0.25) is 4.79 Å². The molecule has 4 nitrogen and oxygen atoms in total. The molecular formula is C19H26ClF3N2O2. The molecule has 1 aliphatic carbocycles. The van der Waals surface area contributed by atoms with Gasteiger partial charge in [0, 0.05) is 19.1 Å². The first kappa shape index (κ1) is 22.0. The first-order valence-corrected chi connectivity index (χ1v) is 8.97. The molecule has 0 aromatic heterocycles. The minimum Gasteiger partial charge on any atom is -0.384 e. The Hall–Kier alpha value is -1.31. The van der Waals surface area contributed by atoms with E-state index in [0.29, 0.717) is 31.6 Å². The number of carbonyl (C=O) groups is 1. The highest BCUT2D eigenvalue weighted by Gasteiger charge is 2.47. The molecule has 152 valence electrons. The van der Waals surface area contributed by atoms with Crippen LogP contribution in [0.4, 0.5) is 13.2 Å². The summed E-state index contributed by atoms with van der Waals surface area (Å²) in [5.41, 5.74) is -0.914. The molecule has 2 fully saturated rings. The predicted molar refractivity (Wildman–Crippen MR) is 99.0 cm³/mol. The third-order valence-corrected chi connectivity index (χ3v) is 5.71. The van der Waals surface area contributed by atoms with Gasteiger partial charge in [0.2, 0.25) is 5.91 Å². The van der Waals surface area contributed by atoms with Gasteiger partial charge in [-0.25, -0.2) is 0 Å². The number of ether oxygens (including phenoxy) is 1. The smallest absolute Gasteiger partial charge is 0.384 e. The topological polar surface area (TPSA) is 50.4 Å². The normalized spacial score (nSPS) is 20.4. The highest BCUT2D eigenvalue weighted by molar-refractivity contribution is 5.85. The van der Waals surface area contributed by atoms with Crippen LogP contribution in [0.25, 0.3) is 0 Å². The number of piperidine rings is 1. The molecule has 3 rings (SSSR count). The SMILES string of the molecule is COCC1(C(=O)NCC2(c3cccc(C(F)(F)F)c3)CC2)CCNCC1.Cl. The largest absolute Gasteiger partial charge is 0.416 e. The van der Waals surface area contributed by atoms with Crippen molar-refractivity contribution in [3.05, 3.63) is 35.4 Å². The molecule has 1 amide bonds. The molecule has 27 heavy (non-hydrogen) atoms. The third-order valence-electron chi connectivity index (χ3n) is 5.71. The Morgan fingerprint density at radius 1 is 1.22 bits per heavy atom. The van der Waals surface area contributed by atoms with E-state index in [2.05, 4.69) is 10.6 Å². The molecule has 0 unspecified atom stereocenters. The van der Waals surface area contributed by atoms with Crippen molar-refractivity contribution in [1.82, 2.24) is 10.6 Å². The summed E-state index contributed by atoms with van der Waals surface area (Å²) in [6, 6.07) is 5.47. The van der Waals surface area contributed by atoms with Gasteiger partial charge in [-0.2, -0.15) is 13.2 Å². The average molecular weight is 407 g/mol. The monoisotopic (exact) mass is 406 g/mol. The summed E-state index contributed by atoms with van der Waals surface area (Å²) in [5.74, 6) is -0.0564. The lowest BCUT2D eigenvalue weighted by Crippen LogP contribution is -2.51. The van der Waals surface area contributed by atoms with Crippen molar-refractivity contribution in [2.45, 2.75) is 37.3 Å². The molecule has 0 bridgehead atoms. The highest BCUT2D eigenvalue weighted by Crippen LogP contribution is 2.48.